The van der Waals surface area contributed by atoms with Gasteiger partial charge in [0, 0.05) is 17.1 Å². The number of hydrogen-bond acceptors (Lipinski definition) is 5. The summed E-state index contributed by atoms with van der Waals surface area (Å²) in [6.45, 7) is 1.42. The van der Waals surface area contributed by atoms with Crippen LogP contribution in [0.4, 0.5) is 18.9 Å². The molecule has 0 radical (unpaired) electrons. The molecule has 124 valence electrons. The molecule has 10 heteroatoms. The fourth-order valence-electron chi connectivity index (χ4n) is 2.45. The molecule has 1 aliphatic rings. The van der Waals surface area contributed by atoms with Gasteiger partial charge in [0.1, 0.15) is 5.69 Å². The van der Waals surface area contributed by atoms with E-state index >= 15 is 0 Å². The van der Waals surface area contributed by atoms with Gasteiger partial charge in [-0.25, -0.2) is 8.89 Å². The van der Waals surface area contributed by atoms with Crippen LogP contribution in [-0.4, -0.2) is 36.4 Å². The van der Waals surface area contributed by atoms with Crippen molar-refractivity contribution < 1.29 is 22.5 Å². The van der Waals surface area contributed by atoms with E-state index in [2.05, 4.69) is 10.3 Å². The average Bonchev–Trinajstić information content (AvgIpc) is 2.95. The van der Waals surface area contributed by atoms with E-state index < -0.39 is 16.3 Å². The van der Waals surface area contributed by atoms with E-state index in [-0.39, 0.29) is 11.5 Å². The van der Waals surface area contributed by atoms with Gasteiger partial charge >= 0.3 is 5.51 Å². The fraction of sp³-hybridized carbons (Fsp3) is 0.385. The summed E-state index contributed by atoms with van der Waals surface area (Å²) in [5.74, 6) is 0. The minimum atomic E-state index is -4.76. The third kappa shape index (κ3) is 3.08. The van der Waals surface area contributed by atoms with Crippen LogP contribution < -0.4 is 4.90 Å². The largest absolute Gasteiger partial charge is 0.475 e. The Morgan fingerprint density at radius 1 is 1.22 bits per heavy atom. The number of hydrogen-bond donors (Lipinski definition) is 1. The van der Waals surface area contributed by atoms with Crippen LogP contribution in [0.2, 0.25) is 0 Å². The summed E-state index contributed by atoms with van der Waals surface area (Å²) in [7, 11) is -3.02. The third-order valence-corrected chi connectivity index (χ3v) is 4.74. The molecule has 1 unspecified atom stereocenters. The maximum atomic E-state index is 12.5. The number of aliphatic hydroxyl groups is 1. The highest BCUT2D eigenvalue weighted by molar-refractivity contribution is 7.86. The molecule has 3 rings (SSSR count). The Labute approximate surface area is 132 Å². The van der Waals surface area contributed by atoms with E-state index in [1.807, 2.05) is 4.90 Å². The number of aliphatic hydroxyl groups excluding tert-OH is 1. The van der Waals surface area contributed by atoms with Crippen LogP contribution in [0.25, 0.3) is 0 Å². The Balaban J connectivity index is 1.80. The van der Waals surface area contributed by atoms with E-state index in [1.165, 1.54) is 24.3 Å². The monoisotopic (exact) mass is 346 g/mol. The molecular formula is C13H13F3N4O2S. The van der Waals surface area contributed by atoms with E-state index in [4.69, 9.17) is 0 Å². The Bertz CT molecular complexity index is 716. The predicted octanol–water partition coefficient (Wildman–Crippen LogP) is 1.42. The summed E-state index contributed by atoms with van der Waals surface area (Å²) in [4.78, 5) is 1.67. The second kappa shape index (κ2) is 5.93. The first-order valence-corrected chi connectivity index (χ1v) is 7.91. The normalized spacial score (nSPS) is 16.3. The number of anilines is 1. The topological polar surface area (TPSA) is 71.2 Å². The highest BCUT2D eigenvalue weighted by Crippen LogP contribution is 2.28. The number of alkyl halides is 3. The van der Waals surface area contributed by atoms with Gasteiger partial charge in [0.15, 0.2) is 10.8 Å². The van der Waals surface area contributed by atoms with Crippen LogP contribution in [0.15, 0.2) is 29.2 Å². The van der Waals surface area contributed by atoms with Crippen LogP contribution >= 0.6 is 0 Å². The molecule has 1 aromatic carbocycles. The Morgan fingerprint density at radius 3 is 2.52 bits per heavy atom. The van der Waals surface area contributed by atoms with E-state index in [9.17, 15) is 22.5 Å². The summed E-state index contributed by atoms with van der Waals surface area (Å²) >= 11 is 0. The first kappa shape index (κ1) is 15.9. The Morgan fingerprint density at radius 2 is 1.91 bits per heavy atom. The highest BCUT2D eigenvalue weighted by Gasteiger charge is 2.38. The lowest BCUT2D eigenvalue weighted by Gasteiger charge is -2.29. The number of aromatic nitrogens is 3. The van der Waals surface area contributed by atoms with Gasteiger partial charge in [0.05, 0.1) is 25.4 Å². The van der Waals surface area contributed by atoms with Gasteiger partial charge in [0.25, 0.3) is 0 Å². The molecule has 0 saturated heterocycles. The van der Waals surface area contributed by atoms with Crippen molar-refractivity contribution in [1.82, 2.24) is 15.0 Å². The molecule has 0 saturated carbocycles. The number of halogens is 3. The lowest BCUT2D eigenvalue weighted by Crippen LogP contribution is -2.34. The first-order chi connectivity index (χ1) is 10.9. The lowest BCUT2D eigenvalue weighted by atomic mass is 10.2. The maximum Gasteiger partial charge on any atom is 0.475 e. The number of nitrogens with zero attached hydrogens (tertiary/aromatic N) is 4. The van der Waals surface area contributed by atoms with Crippen molar-refractivity contribution in [3.05, 3.63) is 35.7 Å². The maximum absolute atomic E-state index is 12.5. The molecule has 1 aromatic heterocycles. The predicted molar refractivity (Wildman–Crippen MR) is 75.9 cm³/mol. The van der Waals surface area contributed by atoms with Gasteiger partial charge in [-0.3, -0.25) is 0 Å². The van der Waals surface area contributed by atoms with Gasteiger partial charge < -0.3 is 10.0 Å². The van der Waals surface area contributed by atoms with Gasteiger partial charge in [-0.1, -0.05) is 5.21 Å². The van der Waals surface area contributed by atoms with E-state index in [0.717, 1.165) is 5.69 Å². The van der Waals surface area contributed by atoms with Crippen molar-refractivity contribution in [1.29, 1.82) is 0 Å². The van der Waals surface area contributed by atoms with Crippen molar-refractivity contribution >= 4 is 16.5 Å². The zero-order chi connectivity index (χ0) is 16.6. The zero-order valence-corrected chi connectivity index (χ0v) is 12.6. The molecule has 1 atom stereocenters. The van der Waals surface area contributed by atoms with Crippen LogP contribution in [0.5, 0.6) is 0 Å². The molecule has 0 bridgehead atoms. The van der Waals surface area contributed by atoms with Gasteiger partial charge in [-0.2, -0.15) is 13.2 Å². The van der Waals surface area contributed by atoms with Crippen LogP contribution in [0.1, 0.15) is 11.4 Å². The van der Waals surface area contributed by atoms with Crippen molar-refractivity contribution in [3.8, 4) is 0 Å². The zero-order valence-electron chi connectivity index (χ0n) is 11.8. The highest BCUT2D eigenvalue weighted by atomic mass is 32.2. The summed E-state index contributed by atoms with van der Waals surface area (Å²) in [6.07, 6.45) is 0. The number of fused-ring (bicyclic) bond motifs is 1. The third-order valence-electron chi connectivity index (χ3n) is 3.62. The summed E-state index contributed by atoms with van der Waals surface area (Å²) in [5, 5.41) is 17.1. The summed E-state index contributed by atoms with van der Waals surface area (Å²) < 4.78 is 50.4. The SMILES string of the molecule is O=S(c1ccc(N2CCn3nnc(CO)c3C2)cc1)C(F)(F)F. The van der Waals surface area contributed by atoms with Crippen molar-refractivity contribution in [2.24, 2.45) is 0 Å². The molecule has 23 heavy (non-hydrogen) atoms. The number of rotatable bonds is 3. The minimum absolute atomic E-state index is 0.216. The Hall–Kier alpha value is -1.94. The minimum Gasteiger partial charge on any atom is -0.390 e. The summed E-state index contributed by atoms with van der Waals surface area (Å²) in [5.41, 5.74) is -2.78. The van der Waals surface area contributed by atoms with Crippen molar-refractivity contribution in [2.75, 3.05) is 11.4 Å². The number of benzene rings is 1. The lowest BCUT2D eigenvalue weighted by molar-refractivity contribution is -0.0384. The van der Waals surface area contributed by atoms with Crippen LogP contribution in [-0.2, 0) is 30.5 Å². The fourth-order valence-corrected chi connectivity index (χ4v) is 3.10. The average molecular weight is 346 g/mol. The molecule has 2 aromatic rings. The van der Waals surface area contributed by atoms with Gasteiger partial charge in [-0.15, -0.1) is 5.10 Å². The second-order valence-corrected chi connectivity index (χ2v) is 6.47. The molecule has 0 amide bonds. The molecule has 1 aliphatic heterocycles. The summed E-state index contributed by atoms with van der Waals surface area (Å²) in [6, 6.07) is 5.46. The van der Waals surface area contributed by atoms with E-state index in [1.54, 1.807) is 4.68 Å². The first-order valence-electron chi connectivity index (χ1n) is 6.76. The molecule has 1 N–H and O–H groups in total. The van der Waals surface area contributed by atoms with Crippen molar-refractivity contribution in [3.63, 3.8) is 0 Å². The van der Waals surface area contributed by atoms with Gasteiger partial charge in [-0.05, 0) is 24.3 Å². The van der Waals surface area contributed by atoms with Crippen LogP contribution in [0, 0.1) is 0 Å². The molecular weight excluding hydrogens is 333 g/mol. The quantitative estimate of drug-likeness (QED) is 0.910. The standard InChI is InChI=1S/C13H13F3N4O2S/c14-13(15,16)23(22)10-3-1-9(2-4-10)19-5-6-20-12(7-19)11(8-21)17-18-20/h1-4,21H,5-8H2. The molecule has 0 fully saturated rings. The molecule has 6 nitrogen and oxygen atoms in total. The van der Waals surface area contributed by atoms with Gasteiger partial charge in [0.2, 0.25) is 0 Å². The smallest absolute Gasteiger partial charge is 0.390 e. The molecule has 0 spiro atoms. The second-order valence-electron chi connectivity index (χ2n) is 4.99. The van der Waals surface area contributed by atoms with Crippen LogP contribution in [0.3, 0.4) is 0 Å². The van der Waals surface area contributed by atoms with Crippen molar-refractivity contribution in [2.45, 2.75) is 30.1 Å². The van der Waals surface area contributed by atoms with E-state index in [0.29, 0.717) is 31.0 Å². The molecule has 2 heterocycles. The Kier molecular flexibility index (Phi) is 4.11. The molecule has 0 aliphatic carbocycles.